The van der Waals surface area contributed by atoms with Gasteiger partial charge in [-0.1, -0.05) is 12.1 Å². The molecule has 1 aliphatic heterocycles. The van der Waals surface area contributed by atoms with Crippen LogP contribution in [0.4, 0.5) is 5.69 Å². The smallest absolute Gasteiger partial charge is 0.221 e. The van der Waals surface area contributed by atoms with E-state index in [2.05, 4.69) is 10.4 Å². The van der Waals surface area contributed by atoms with Crippen molar-refractivity contribution in [3.63, 3.8) is 0 Å². The first-order chi connectivity index (χ1) is 8.13. The van der Waals surface area contributed by atoms with Crippen molar-refractivity contribution < 1.29 is 4.79 Å². The number of hydrogen-bond acceptors (Lipinski definition) is 4. The summed E-state index contributed by atoms with van der Waals surface area (Å²) in [4.78, 5) is 10.9. The molecule has 3 N–H and O–H groups in total. The lowest BCUT2D eigenvalue weighted by Crippen LogP contribution is -2.13. The van der Waals surface area contributed by atoms with E-state index in [4.69, 9.17) is 5.73 Å². The highest BCUT2D eigenvalue weighted by Gasteiger charge is 2.11. The third-order valence-electron chi connectivity index (χ3n) is 2.54. The average molecular weight is 232 g/mol. The lowest BCUT2D eigenvalue weighted by Gasteiger charge is -2.13. The number of nitrogens with zero attached hydrogens (tertiary/aromatic N) is 2. The molecule has 5 heteroatoms. The second-order valence-electron chi connectivity index (χ2n) is 4.11. The van der Waals surface area contributed by atoms with Gasteiger partial charge in [0, 0.05) is 25.6 Å². The summed E-state index contributed by atoms with van der Waals surface area (Å²) in [6, 6.07) is 7.74. The van der Waals surface area contributed by atoms with Gasteiger partial charge in [0.2, 0.25) is 5.91 Å². The maximum atomic E-state index is 10.9. The minimum absolute atomic E-state index is 0.0605. The number of amidine groups is 1. The van der Waals surface area contributed by atoms with Crippen LogP contribution in [0, 0.1) is 0 Å². The van der Waals surface area contributed by atoms with E-state index >= 15 is 0 Å². The largest absolute Gasteiger partial charge is 0.386 e. The van der Waals surface area contributed by atoms with E-state index in [1.807, 2.05) is 29.3 Å². The summed E-state index contributed by atoms with van der Waals surface area (Å²) in [7, 11) is 0. The molecular formula is C12H16N4O. The molecule has 1 aromatic rings. The number of hydrazone groups is 1. The highest BCUT2D eigenvalue weighted by molar-refractivity contribution is 5.88. The van der Waals surface area contributed by atoms with Crippen LogP contribution in [0.15, 0.2) is 29.4 Å². The van der Waals surface area contributed by atoms with Gasteiger partial charge in [0.15, 0.2) is 0 Å². The second kappa shape index (κ2) is 4.86. The van der Waals surface area contributed by atoms with E-state index in [-0.39, 0.29) is 5.91 Å². The standard InChI is InChI=1S/C12H16N4O/c1-9(17)14-11-4-2-10(3-5-11)8-16-7-6-12(13)15-16/h2-5H,6-8H2,1H3,(H2,13,15)(H,14,17). The summed E-state index contributed by atoms with van der Waals surface area (Å²) >= 11 is 0. The molecule has 1 aliphatic rings. The van der Waals surface area contributed by atoms with Gasteiger partial charge >= 0.3 is 0 Å². The van der Waals surface area contributed by atoms with Crippen molar-refractivity contribution in [3.8, 4) is 0 Å². The normalized spacial score (nSPS) is 14.6. The Kier molecular flexibility index (Phi) is 3.27. The molecule has 17 heavy (non-hydrogen) atoms. The van der Waals surface area contributed by atoms with Crippen molar-refractivity contribution in [1.82, 2.24) is 5.01 Å². The molecule has 0 unspecified atom stereocenters. The maximum absolute atomic E-state index is 10.9. The fourth-order valence-electron chi connectivity index (χ4n) is 1.75. The number of nitrogens with two attached hydrogens (primary N) is 1. The van der Waals surface area contributed by atoms with Crippen molar-refractivity contribution in [3.05, 3.63) is 29.8 Å². The van der Waals surface area contributed by atoms with Crippen molar-refractivity contribution in [2.45, 2.75) is 19.9 Å². The summed E-state index contributed by atoms with van der Waals surface area (Å²) in [5.74, 6) is 0.634. The molecule has 0 aliphatic carbocycles. The summed E-state index contributed by atoms with van der Waals surface area (Å²) < 4.78 is 0. The molecule has 2 rings (SSSR count). The van der Waals surface area contributed by atoms with Gasteiger partial charge in [-0.15, -0.1) is 0 Å². The number of anilines is 1. The Morgan fingerprint density at radius 3 is 2.71 bits per heavy atom. The van der Waals surface area contributed by atoms with Gasteiger partial charge in [-0.2, -0.15) is 5.10 Å². The average Bonchev–Trinajstić information content (AvgIpc) is 2.66. The molecule has 5 nitrogen and oxygen atoms in total. The molecule has 0 fully saturated rings. The van der Waals surface area contributed by atoms with Crippen LogP contribution in [0.25, 0.3) is 0 Å². The van der Waals surface area contributed by atoms with E-state index in [0.29, 0.717) is 5.84 Å². The van der Waals surface area contributed by atoms with Crippen LogP contribution in [0.5, 0.6) is 0 Å². The van der Waals surface area contributed by atoms with Gasteiger partial charge in [0.05, 0.1) is 6.54 Å². The number of carbonyl (C=O) groups is 1. The lowest BCUT2D eigenvalue weighted by atomic mass is 10.2. The second-order valence-corrected chi connectivity index (χ2v) is 4.11. The summed E-state index contributed by atoms with van der Waals surface area (Å²) in [5, 5.41) is 8.89. The first kappa shape index (κ1) is 11.4. The van der Waals surface area contributed by atoms with Crippen LogP contribution in [-0.2, 0) is 11.3 Å². The predicted octanol–water partition coefficient (Wildman–Crippen LogP) is 1.12. The Hall–Kier alpha value is -2.04. The molecule has 0 saturated carbocycles. The van der Waals surface area contributed by atoms with Gasteiger partial charge in [-0.25, -0.2) is 0 Å². The van der Waals surface area contributed by atoms with Crippen molar-refractivity contribution >= 4 is 17.4 Å². The highest BCUT2D eigenvalue weighted by atomic mass is 16.1. The van der Waals surface area contributed by atoms with E-state index < -0.39 is 0 Å². The zero-order valence-corrected chi connectivity index (χ0v) is 9.81. The van der Waals surface area contributed by atoms with Gasteiger partial charge in [0.1, 0.15) is 5.84 Å². The van der Waals surface area contributed by atoms with Crippen LogP contribution in [0.1, 0.15) is 18.9 Å². The van der Waals surface area contributed by atoms with Crippen LogP contribution < -0.4 is 11.1 Å². The Morgan fingerprint density at radius 1 is 1.47 bits per heavy atom. The topological polar surface area (TPSA) is 70.7 Å². The zero-order valence-electron chi connectivity index (χ0n) is 9.81. The Balaban J connectivity index is 1.96. The predicted molar refractivity (Wildman–Crippen MR) is 67.4 cm³/mol. The third-order valence-corrected chi connectivity index (χ3v) is 2.54. The number of rotatable bonds is 3. The summed E-state index contributed by atoms with van der Waals surface area (Å²) in [5.41, 5.74) is 7.58. The number of carbonyl (C=O) groups excluding carboxylic acids is 1. The zero-order chi connectivity index (χ0) is 12.3. The first-order valence-electron chi connectivity index (χ1n) is 5.58. The quantitative estimate of drug-likeness (QED) is 0.820. The fourth-order valence-corrected chi connectivity index (χ4v) is 1.75. The Morgan fingerprint density at radius 2 is 2.18 bits per heavy atom. The third kappa shape index (κ3) is 3.21. The molecule has 0 atom stereocenters. The minimum atomic E-state index is -0.0605. The maximum Gasteiger partial charge on any atom is 0.221 e. The molecule has 0 radical (unpaired) electrons. The van der Waals surface area contributed by atoms with E-state index in [1.165, 1.54) is 6.92 Å². The lowest BCUT2D eigenvalue weighted by molar-refractivity contribution is -0.114. The SMILES string of the molecule is CC(=O)Nc1ccc(CN2CCC(N)=N2)cc1. The first-order valence-corrected chi connectivity index (χ1v) is 5.58. The van der Waals surface area contributed by atoms with E-state index in [1.54, 1.807) is 0 Å². The fraction of sp³-hybridized carbons (Fsp3) is 0.333. The molecule has 1 amide bonds. The van der Waals surface area contributed by atoms with Gasteiger partial charge in [-0.3, -0.25) is 9.80 Å². The molecule has 0 aromatic heterocycles. The molecular weight excluding hydrogens is 216 g/mol. The number of benzene rings is 1. The van der Waals surface area contributed by atoms with E-state index in [0.717, 1.165) is 30.8 Å². The molecule has 0 saturated heterocycles. The molecule has 1 aromatic carbocycles. The van der Waals surface area contributed by atoms with Crippen LogP contribution in [0.3, 0.4) is 0 Å². The van der Waals surface area contributed by atoms with Crippen molar-refractivity contribution in [2.75, 3.05) is 11.9 Å². The molecule has 0 spiro atoms. The van der Waals surface area contributed by atoms with Crippen LogP contribution in [-0.4, -0.2) is 23.3 Å². The highest BCUT2D eigenvalue weighted by Crippen LogP contribution is 2.13. The van der Waals surface area contributed by atoms with Gasteiger partial charge in [-0.05, 0) is 17.7 Å². The van der Waals surface area contributed by atoms with Crippen LogP contribution in [0.2, 0.25) is 0 Å². The molecule has 1 heterocycles. The van der Waals surface area contributed by atoms with Crippen LogP contribution >= 0.6 is 0 Å². The minimum Gasteiger partial charge on any atom is -0.386 e. The number of nitrogens with one attached hydrogen (secondary N) is 1. The Labute approximate surface area is 100 Å². The molecule has 0 bridgehead atoms. The summed E-state index contributed by atoms with van der Waals surface area (Å²) in [6.45, 7) is 3.12. The van der Waals surface area contributed by atoms with Crippen molar-refractivity contribution in [2.24, 2.45) is 10.8 Å². The monoisotopic (exact) mass is 232 g/mol. The van der Waals surface area contributed by atoms with E-state index in [9.17, 15) is 4.79 Å². The summed E-state index contributed by atoms with van der Waals surface area (Å²) in [6.07, 6.45) is 0.837. The Bertz CT molecular complexity index is 438. The number of amides is 1. The van der Waals surface area contributed by atoms with Gasteiger partial charge in [0.25, 0.3) is 0 Å². The number of hydrogen-bond donors (Lipinski definition) is 2. The van der Waals surface area contributed by atoms with Gasteiger partial charge < -0.3 is 11.1 Å². The molecule has 90 valence electrons. The van der Waals surface area contributed by atoms with Crippen molar-refractivity contribution in [1.29, 1.82) is 0 Å².